The Bertz CT molecular complexity index is 540. The van der Waals surface area contributed by atoms with E-state index in [-0.39, 0.29) is 0 Å². The van der Waals surface area contributed by atoms with Gasteiger partial charge in [0, 0.05) is 5.69 Å². The summed E-state index contributed by atoms with van der Waals surface area (Å²) in [6, 6.07) is 2.32. The Morgan fingerprint density at radius 1 is 1.33 bits per heavy atom. The second-order valence-corrected chi connectivity index (χ2v) is 5.14. The van der Waals surface area contributed by atoms with Crippen LogP contribution in [0, 0.1) is 12.8 Å². The van der Waals surface area contributed by atoms with E-state index in [2.05, 4.69) is 41.4 Å². The van der Waals surface area contributed by atoms with Crippen LogP contribution in [0.15, 0.2) is 12.4 Å². The van der Waals surface area contributed by atoms with Crippen molar-refractivity contribution in [3.63, 3.8) is 0 Å². The smallest absolute Gasteiger partial charge is 0.163 e. The Hall–Kier alpha value is -1.38. The fourth-order valence-electron chi connectivity index (χ4n) is 2.95. The van der Waals surface area contributed by atoms with E-state index in [1.807, 2.05) is 20.2 Å². The topological polar surface area (TPSA) is 30.2 Å². The molecule has 0 saturated carbocycles. The fourth-order valence-corrected chi connectivity index (χ4v) is 2.95. The Morgan fingerprint density at radius 3 is 2.72 bits per heavy atom. The Labute approximate surface area is 109 Å². The van der Waals surface area contributed by atoms with Crippen molar-refractivity contribution in [3.05, 3.63) is 29.2 Å². The molecule has 1 atom stereocenters. The first-order valence-electron chi connectivity index (χ1n) is 7.00. The maximum absolute atomic E-state index is 4.18. The summed E-state index contributed by atoms with van der Waals surface area (Å²) in [5, 5.41) is 8.20. The summed E-state index contributed by atoms with van der Waals surface area (Å²) in [5.74, 6) is 1.43. The summed E-state index contributed by atoms with van der Waals surface area (Å²) in [6.45, 7) is 10.7. The van der Waals surface area contributed by atoms with Crippen LogP contribution in [0.1, 0.15) is 56.9 Å². The minimum Gasteiger partial charge on any atom is -0.285 e. The minimum absolute atomic E-state index is 0.709. The van der Waals surface area contributed by atoms with E-state index < -0.39 is 0 Å². The molecule has 1 unspecified atom stereocenters. The molecule has 0 fully saturated rings. The van der Waals surface area contributed by atoms with Crippen LogP contribution in [0.2, 0.25) is 0 Å². The van der Waals surface area contributed by atoms with Crippen molar-refractivity contribution in [1.29, 1.82) is 0 Å². The molecule has 0 radical (unpaired) electrons. The number of aryl methyl sites for hydroxylation is 2. The molecule has 3 heteroatoms. The lowest BCUT2D eigenvalue weighted by Crippen LogP contribution is -2.04. The van der Waals surface area contributed by atoms with Gasteiger partial charge in [0.25, 0.3) is 0 Å². The van der Waals surface area contributed by atoms with Gasteiger partial charge in [-0.05, 0) is 42.7 Å². The first-order chi connectivity index (χ1) is 8.68. The molecule has 2 heterocycles. The highest BCUT2D eigenvalue weighted by Gasteiger charge is 2.27. The predicted octanol–water partition coefficient (Wildman–Crippen LogP) is 3.75. The lowest BCUT2D eigenvalue weighted by Gasteiger charge is -2.16. The molecule has 3 nitrogen and oxygen atoms in total. The lowest BCUT2D eigenvalue weighted by molar-refractivity contribution is 0.495. The number of nitrogens with zero attached hydrogens (tertiary/aromatic N) is 3. The zero-order valence-corrected chi connectivity index (χ0v) is 12.1. The lowest BCUT2D eigenvalue weighted by atomic mass is 9.90. The average Bonchev–Trinajstić information content (AvgIpc) is 2.96. The summed E-state index contributed by atoms with van der Waals surface area (Å²) >= 11 is 0. The standard InChI is InChI=1S/C13H17N3.C2H6/c1-8(2)10-4-5-12-11(10)6-9(3)13-15-14-7-16(12)13;1-2/h6-8,10H,4-5H2,1-3H3;1-2H3. The van der Waals surface area contributed by atoms with E-state index in [4.69, 9.17) is 0 Å². The molecule has 1 aliphatic carbocycles. The molecular weight excluding hydrogens is 222 g/mol. The van der Waals surface area contributed by atoms with Crippen LogP contribution in [-0.4, -0.2) is 14.6 Å². The van der Waals surface area contributed by atoms with Crippen molar-refractivity contribution in [2.45, 2.75) is 53.4 Å². The molecule has 0 spiro atoms. The maximum Gasteiger partial charge on any atom is 0.163 e. The summed E-state index contributed by atoms with van der Waals surface area (Å²) < 4.78 is 2.17. The summed E-state index contributed by atoms with van der Waals surface area (Å²) in [7, 11) is 0. The molecule has 0 saturated heterocycles. The highest BCUT2D eigenvalue weighted by molar-refractivity contribution is 5.52. The molecule has 2 aromatic heterocycles. The van der Waals surface area contributed by atoms with Crippen molar-refractivity contribution in [2.24, 2.45) is 5.92 Å². The van der Waals surface area contributed by atoms with Gasteiger partial charge in [-0.15, -0.1) is 10.2 Å². The highest BCUT2D eigenvalue weighted by Crippen LogP contribution is 2.38. The maximum atomic E-state index is 4.18. The van der Waals surface area contributed by atoms with Gasteiger partial charge in [0.2, 0.25) is 0 Å². The highest BCUT2D eigenvalue weighted by atomic mass is 15.2. The van der Waals surface area contributed by atoms with Gasteiger partial charge in [-0.25, -0.2) is 0 Å². The van der Waals surface area contributed by atoms with Crippen molar-refractivity contribution >= 4 is 5.65 Å². The number of hydrogen-bond acceptors (Lipinski definition) is 2. The van der Waals surface area contributed by atoms with E-state index in [9.17, 15) is 0 Å². The van der Waals surface area contributed by atoms with Gasteiger partial charge in [-0.1, -0.05) is 33.8 Å². The van der Waals surface area contributed by atoms with Crippen LogP contribution in [0.25, 0.3) is 5.65 Å². The fraction of sp³-hybridized carbons (Fsp3) is 0.600. The summed E-state index contributed by atoms with van der Waals surface area (Å²) in [4.78, 5) is 0. The quantitative estimate of drug-likeness (QED) is 0.766. The third kappa shape index (κ3) is 1.92. The molecule has 98 valence electrons. The van der Waals surface area contributed by atoms with Gasteiger partial charge in [0.05, 0.1) is 0 Å². The average molecular weight is 245 g/mol. The van der Waals surface area contributed by atoms with Gasteiger partial charge in [0.15, 0.2) is 5.65 Å². The zero-order chi connectivity index (χ0) is 13.3. The van der Waals surface area contributed by atoms with Gasteiger partial charge in [0.1, 0.15) is 6.33 Å². The number of rotatable bonds is 1. The molecule has 2 aromatic rings. The molecule has 0 aliphatic heterocycles. The van der Waals surface area contributed by atoms with E-state index in [1.165, 1.54) is 23.2 Å². The van der Waals surface area contributed by atoms with E-state index in [0.29, 0.717) is 5.92 Å². The van der Waals surface area contributed by atoms with Gasteiger partial charge < -0.3 is 0 Å². The molecule has 18 heavy (non-hydrogen) atoms. The van der Waals surface area contributed by atoms with Crippen LogP contribution < -0.4 is 0 Å². The van der Waals surface area contributed by atoms with Crippen LogP contribution in [0.5, 0.6) is 0 Å². The molecule has 0 N–H and O–H groups in total. The van der Waals surface area contributed by atoms with E-state index in [1.54, 1.807) is 0 Å². The first-order valence-corrected chi connectivity index (χ1v) is 7.00. The van der Waals surface area contributed by atoms with Crippen molar-refractivity contribution in [2.75, 3.05) is 0 Å². The largest absolute Gasteiger partial charge is 0.285 e. The van der Waals surface area contributed by atoms with Gasteiger partial charge in [-0.2, -0.15) is 0 Å². The normalized spacial score (nSPS) is 17.8. The summed E-state index contributed by atoms with van der Waals surface area (Å²) in [5.41, 5.74) is 5.19. The van der Waals surface area contributed by atoms with Gasteiger partial charge >= 0.3 is 0 Å². The molecular formula is C15H23N3. The summed E-state index contributed by atoms with van der Waals surface area (Å²) in [6.07, 6.45) is 4.28. The number of aromatic nitrogens is 3. The zero-order valence-electron chi connectivity index (χ0n) is 12.1. The van der Waals surface area contributed by atoms with Crippen molar-refractivity contribution in [1.82, 2.24) is 14.6 Å². The Balaban J connectivity index is 0.000000574. The molecule has 1 aliphatic rings. The molecule has 3 rings (SSSR count). The molecule has 0 bridgehead atoms. The third-order valence-corrected chi connectivity index (χ3v) is 3.79. The Morgan fingerprint density at radius 2 is 2.06 bits per heavy atom. The van der Waals surface area contributed by atoms with Crippen molar-refractivity contribution < 1.29 is 0 Å². The SMILES string of the molecule is CC.Cc1cc2c(n3cnnc13)CCC2C(C)C. The second-order valence-electron chi connectivity index (χ2n) is 5.14. The first kappa shape index (κ1) is 13.1. The van der Waals surface area contributed by atoms with E-state index >= 15 is 0 Å². The second kappa shape index (κ2) is 5.09. The van der Waals surface area contributed by atoms with Crippen LogP contribution in [-0.2, 0) is 6.42 Å². The minimum atomic E-state index is 0.709. The van der Waals surface area contributed by atoms with Gasteiger partial charge in [-0.3, -0.25) is 4.40 Å². The van der Waals surface area contributed by atoms with Crippen molar-refractivity contribution in [3.8, 4) is 0 Å². The van der Waals surface area contributed by atoms with Crippen LogP contribution in [0.4, 0.5) is 0 Å². The predicted molar refractivity (Wildman–Crippen MR) is 75.0 cm³/mol. The third-order valence-electron chi connectivity index (χ3n) is 3.79. The molecule has 0 aromatic carbocycles. The molecule has 0 amide bonds. The number of pyridine rings is 1. The van der Waals surface area contributed by atoms with Crippen LogP contribution >= 0.6 is 0 Å². The van der Waals surface area contributed by atoms with E-state index in [0.717, 1.165) is 18.0 Å². The van der Waals surface area contributed by atoms with Crippen LogP contribution in [0.3, 0.4) is 0 Å². The number of hydrogen-bond donors (Lipinski definition) is 0. The monoisotopic (exact) mass is 245 g/mol. The Kier molecular flexibility index (Phi) is 3.69. The number of fused-ring (bicyclic) bond motifs is 3.